The quantitative estimate of drug-likeness (QED) is 0.421. The molecule has 5 rings (SSSR count). The van der Waals surface area contributed by atoms with Crippen molar-refractivity contribution >= 4 is 5.97 Å². The molecule has 5 heteroatoms. The Kier molecular flexibility index (Phi) is 3.66. The minimum atomic E-state index is -0.208. The first-order chi connectivity index (χ1) is 12.9. The predicted octanol–water partition coefficient (Wildman–Crippen LogP) is 2.84. The van der Waals surface area contributed by atoms with E-state index in [1.807, 2.05) is 0 Å². The van der Waals surface area contributed by atoms with Gasteiger partial charge in [0.2, 0.25) is 0 Å². The van der Waals surface area contributed by atoms with Gasteiger partial charge in [-0.05, 0) is 74.5 Å². The van der Waals surface area contributed by atoms with E-state index in [0.717, 1.165) is 51.4 Å². The summed E-state index contributed by atoms with van der Waals surface area (Å²) in [5, 5.41) is 23.4. The van der Waals surface area contributed by atoms with E-state index in [1.54, 1.807) is 6.08 Å². The Morgan fingerprint density at radius 3 is 2.89 bits per heavy atom. The molecule has 5 nitrogen and oxygen atoms in total. The third-order valence-corrected chi connectivity index (χ3v) is 9.07. The average Bonchev–Trinajstić information content (AvgIpc) is 3.20. The largest absolute Gasteiger partial charge is 0.460 e. The third kappa shape index (κ3) is 2.09. The fourth-order valence-electron chi connectivity index (χ4n) is 8.09. The summed E-state index contributed by atoms with van der Waals surface area (Å²) < 4.78 is 6.00. The van der Waals surface area contributed by atoms with Crippen molar-refractivity contribution in [1.82, 2.24) is 5.32 Å². The lowest BCUT2D eigenvalue weighted by Crippen LogP contribution is -2.61. The molecule has 0 radical (unpaired) electrons. The molecule has 0 unspecified atom stereocenters. The lowest BCUT2D eigenvalue weighted by molar-refractivity contribution is -0.159. The monoisotopic (exact) mass is 370 g/mol. The number of nitrogens with zero attached hydrogens (tertiary/aromatic N) is 1. The van der Waals surface area contributed by atoms with Crippen LogP contribution in [0.4, 0.5) is 0 Å². The van der Waals surface area contributed by atoms with E-state index in [-0.39, 0.29) is 34.7 Å². The summed E-state index contributed by atoms with van der Waals surface area (Å²) in [5.74, 6) is 1.30. The average molecular weight is 370 g/mol. The van der Waals surface area contributed by atoms with Gasteiger partial charge in [0.1, 0.15) is 6.10 Å². The molecule has 0 bridgehead atoms. The van der Waals surface area contributed by atoms with Crippen LogP contribution in [-0.2, 0) is 9.53 Å². The third-order valence-electron chi connectivity index (χ3n) is 9.07. The highest BCUT2D eigenvalue weighted by molar-refractivity contribution is 5.66. The summed E-state index contributed by atoms with van der Waals surface area (Å²) in [7, 11) is 0. The number of rotatable bonds is 1. The molecule has 1 heterocycles. The molecule has 8 atom stereocenters. The molecule has 2 spiro atoms. The van der Waals surface area contributed by atoms with Crippen LogP contribution >= 0.6 is 0 Å². The van der Waals surface area contributed by atoms with Crippen molar-refractivity contribution in [1.29, 1.82) is 5.26 Å². The first-order valence-electron chi connectivity index (χ1n) is 10.6. The van der Waals surface area contributed by atoms with Gasteiger partial charge in [-0.3, -0.25) is 10.1 Å². The van der Waals surface area contributed by atoms with Crippen LogP contribution in [0.2, 0.25) is 0 Å². The summed E-state index contributed by atoms with van der Waals surface area (Å²) in [6, 6.07) is 2.25. The van der Waals surface area contributed by atoms with Gasteiger partial charge in [0.05, 0.1) is 17.7 Å². The Bertz CT molecular complexity index is 757. The molecule has 0 aromatic rings. The summed E-state index contributed by atoms with van der Waals surface area (Å²) in [5.41, 5.74) is 1.13. The number of carbonyl (C=O) groups is 1. The molecule has 1 aliphatic heterocycles. The Morgan fingerprint density at radius 1 is 1.33 bits per heavy atom. The van der Waals surface area contributed by atoms with Crippen molar-refractivity contribution in [2.24, 2.45) is 23.2 Å². The van der Waals surface area contributed by atoms with Crippen molar-refractivity contribution < 1.29 is 14.6 Å². The van der Waals surface area contributed by atoms with Crippen LogP contribution in [0.1, 0.15) is 65.2 Å². The van der Waals surface area contributed by atoms with E-state index < -0.39 is 0 Å². The highest BCUT2D eigenvalue weighted by Gasteiger charge is 2.82. The maximum atomic E-state index is 12.0. The van der Waals surface area contributed by atoms with E-state index in [4.69, 9.17) is 4.74 Å². The molecule has 0 aromatic heterocycles. The van der Waals surface area contributed by atoms with E-state index >= 15 is 0 Å². The fourth-order valence-corrected chi connectivity index (χ4v) is 8.09. The van der Waals surface area contributed by atoms with Crippen LogP contribution in [0, 0.1) is 34.5 Å². The first kappa shape index (κ1) is 17.7. The molecule has 0 aromatic carbocycles. The molecule has 5 fully saturated rings. The summed E-state index contributed by atoms with van der Waals surface area (Å²) in [4.78, 5) is 12.0. The van der Waals surface area contributed by atoms with Crippen molar-refractivity contribution in [3.8, 4) is 6.07 Å². The van der Waals surface area contributed by atoms with E-state index in [2.05, 4.69) is 18.3 Å². The number of carbonyl (C=O) groups excluding carboxylic acids is 1. The topological polar surface area (TPSA) is 92.3 Å². The second-order valence-corrected chi connectivity index (χ2v) is 9.94. The Hall–Kier alpha value is -1.38. The van der Waals surface area contributed by atoms with E-state index in [9.17, 15) is 15.2 Å². The molecule has 0 amide bonds. The van der Waals surface area contributed by atoms with Gasteiger partial charge in [0, 0.05) is 18.5 Å². The Labute approximate surface area is 161 Å². The van der Waals surface area contributed by atoms with Crippen molar-refractivity contribution in [3.63, 3.8) is 0 Å². The standard InChI is InChI=1S/C22H30N2O3/c1-13(25)27-19-12-20(2)14(8-10-23)3-5-17(20)18-6-4-15-11-16(26)7-9-21(15)22(18,19)24-21/h8,15-19,24,26H,3-7,9,11-12H2,1-2H3/b14-8-/t15-,16-,17+,18+,19+,20-,21-,22+/m1/s1. The molecule has 27 heavy (non-hydrogen) atoms. The van der Waals surface area contributed by atoms with Gasteiger partial charge in [-0.15, -0.1) is 0 Å². The number of fused-ring (bicyclic) bond motifs is 2. The zero-order valence-corrected chi connectivity index (χ0v) is 16.3. The summed E-state index contributed by atoms with van der Waals surface area (Å²) in [6.07, 6.45) is 9.33. The fraction of sp³-hybridized carbons (Fsp3) is 0.818. The lowest BCUT2D eigenvalue weighted by atomic mass is 9.49. The van der Waals surface area contributed by atoms with Crippen LogP contribution in [0.25, 0.3) is 0 Å². The number of nitrogens with one attached hydrogen (secondary N) is 1. The number of hydrogen-bond acceptors (Lipinski definition) is 5. The van der Waals surface area contributed by atoms with Crippen LogP contribution in [0.5, 0.6) is 0 Å². The maximum Gasteiger partial charge on any atom is 0.302 e. The predicted molar refractivity (Wildman–Crippen MR) is 99.4 cm³/mol. The smallest absolute Gasteiger partial charge is 0.302 e. The van der Waals surface area contributed by atoms with Gasteiger partial charge in [-0.1, -0.05) is 12.5 Å². The highest BCUT2D eigenvalue weighted by atomic mass is 16.5. The lowest BCUT2D eigenvalue weighted by Gasteiger charge is -2.55. The van der Waals surface area contributed by atoms with Gasteiger partial charge in [-0.25, -0.2) is 0 Å². The van der Waals surface area contributed by atoms with Gasteiger partial charge in [0.25, 0.3) is 0 Å². The first-order valence-corrected chi connectivity index (χ1v) is 10.6. The number of aliphatic hydroxyl groups excluding tert-OH is 1. The molecule has 5 aliphatic rings. The minimum Gasteiger partial charge on any atom is -0.460 e. The van der Waals surface area contributed by atoms with Gasteiger partial charge >= 0.3 is 5.97 Å². The Morgan fingerprint density at radius 2 is 2.15 bits per heavy atom. The van der Waals surface area contributed by atoms with Crippen molar-refractivity contribution in [2.45, 2.75) is 88.5 Å². The van der Waals surface area contributed by atoms with Crippen LogP contribution in [0.15, 0.2) is 11.6 Å². The number of esters is 1. The van der Waals surface area contributed by atoms with Crippen molar-refractivity contribution in [3.05, 3.63) is 11.6 Å². The molecule has 4 aliphatic carbocycles. The molecule has 2 N–H and O–H groups in total. The zero-order chi connectivity index (χ0) is 19.0. The van der Waals surface area contributed by atoms with Crippen LogP contribution in [0.3, 0.4) is 0 Å². The van der Waals surface area contributed by atoms with E-state index in [0.29, 0.717) is 17.8 Å². The van der Waals surface area contributed by atoms with E-state index in [1.165, 1.54) is 12.5 Å². The second-order valence-electron chi connectivity index (χ2n) is 9.94. The number of allylic oxidation sites excluding steroid dienone is 2. The Balaban J connectivity index is 1.57. The SMILES string of the molecule is CC(=O)O[C@H]1C[C@]2(C)/C(=C\C#N)CC[C@H]2[C@@H]2CC[C@@H]3C[C@H](O)CC[C@@]34N[C@]124. The minimum absolute atomic E-state index is 0.0400. The normalized spacial score (nSPS) is 54.1. The molecular formula is C22H30N2O3. The number of ether oxygens (including phenoxy) is 1. The molecular weight excluding hydrogens is 340 g/mol. The maximum absolute atomic E-state index is 12.0. The molecule has 4 saturated carbocycles. The highest BCUT2D eigenvalue weighted by Crippen LogP contribution is 2.72. The van der Waals surface area contributed by atoms with Gasteiger partial charge < -0.3 is 9.84 Å². The number of aliphatic hydroxyl groups is 1. The van der Waals surface area contributed by atoms with Crippen molar-refractivity contribution in [2.75, 3.05) is 0 Å². The van der Waals surface area contributed by atoms with Crippen LogP contribution < -0.4 is 5.32 Å². The molecule has 146 valence electrons. The number of hydrogen-bond donors (Lipinski definition) is 2. The summed E-state index contributed by atoms with van der Waals surface area (Å²) >= 11 is 0. The zero-order valence-electron chi connectivity index (χ0n) is 16.3. The van der Waals surface area contributed by atoms with Gasteiger partial charge in [0.15, 0.2) is 0 Å². The van der Waals surface area contributed by atoms with Crippen LogP contribution in [-0.4, -0.2) is 34.4 Å². The molecule has 1 saturated heterocycles. The second kappa shape index (κ2) is 5.58. The number of nitriles is 1. The van der Waals surface area contributed by atoms with Gasteiger partial charge in [-0.2, -0.15) is 5.26 Å². The summed E-state index contributed by atoms with van der Waals surface area (Å²) in [6.45, 7) is 3.81.